The van der Waals surface area contributed by atoms with E-state index in [2.05, 4.69) is 9.80 Å². The Kier molecular flexibility index (Phi) is 3.59. The summed E-state index contributed by atoms with van der Waals surface area (Å²) in [6, 6.07) is 7.65. The summed E-state index contributed by atoms with van der Waals surface area (Å²) in [6.45, 7) is 3.96. The number of carbonyl (C=O) groups is 1. The van der Waals surface area contributed by atoms with Gasteiger partial charge in [-0.3, -0.25) is 9.36 Å². The highest BCUT2D eigenvalue weighted by molar-refractivity contribution is 7.75. The normalized spacial score (nSPS) is 19.0. The Balaban J connectivity index is 1.87. The summed E-state index contributed by atoms with van der Waals surface area (Å²) in [5.74, 6) is -0.0270. The van der Waals surface area contributed by atoms with E-state index in [1.807, 2.05) is 45.3 Å². The van der Waals surface area contributed by atoms with Gasteiger partial charge in [0.25, 0.3) is 7.37 Å². The number of rotatable bonds is 2. The smallest absolute Gasteiger partial charge is 0.263 e. The van der Waals surface area contributed by atoms with Gasteiger partial charge < -0.3 is 14.3 Å². The second-order valence-corrected chi connectivity index (χ2v) is 9.82. The number of hydrogen-bond donors (Lipinski definition) is 0. The summed E-state index contributed by atoms with van der Waals surface area (Å²) in [4.78, 5) is 17.7. The highest BCUT2D eigenvalue weighted by Crippen LogP contribution is 2.54. The summed E-state index contributed by atoms with van der Waals surface area (Å²) in [6.07, 6.45) is 1.59. The van der Waals surface area contributed by atoms with Gasteiger partial charge in [-0.25, -0.2) is 0 Å². The maximum Gasteiger partial charge on any atom is 0.263 e. The van der Waals surface area contributed by atoms with Crippen LogP contribution in [0.3, 0.4) is 0 Å². The molecule has 0 atom stereocenters. The number of fused-ring (bicyclic) bond motifs is 6. The highest BCUT2D eigenvalue weighted by atomic mass is 31.2. The van der Waals surface area contributed by atoms with Crippen LogP contribution in [-0.2, 0) is 21.9 Å². The number of nitrogens with zero attached hydrogens (tertiary/aromatic N) is 2. The Morgan fingerprint density at radius 1 is 0.926 bits per heavy atom. The summed E-state index contributed by atoms with van der Waals surface area (Å²) >= 11 is 0. The van der Waals surface area contributed by atoms with Crippen LogP contribution in [0.25, 0.3) is 0 Å². The van der Waals surface area contributed by atoms with Crippen molar-refractivity contribution in [2.45, 2.75) is 19.8 Å². The van der Waals surface area contributed by atoms with E-state index >= 15 is 0 Å². The summed E-state index contributed by atoms with van der Waals surface area (Å²) in [5.41, 5.74) is 5.29. The zero-order valence-electron chi connectivity index (χ0n) is 15.9. The Labute approximate surface area is 159 Å². The van der Waals surface area contributed by atoms with Gasteiger partial charge in [0.1, 0.15) is 0 Å². The molecule has 0 saturated carbocycles. The van der Waals surface area contributed by atoms with Crippen LogP contribution in [0.5, 0.6) is 0 Å². The van der Waals surface area contributed by atoms with Gasteiger partial charge in [0.2, 0.25) is 0 Å². The van der Waals surface area contributed by atoms with Crippen LogP contribution in [0.1, 0.15) is 34.0 Å². The molecule has 0 fully saturated rings. The minimum Gasteiger partial charge on any atom is -0.374 e. The van der Waals surface area contributed by atoms with Crippen LogP contribution in [0.2, 0.25) is 0 Å². The van der Waals surface area contributed by atoms with E-state index < -0.39 is 7.37 Å². The monoisotopic (exact) mass is 382 g/mol. The van der Waals surface area contributed by atoms with Gasteiger partial charge >= 0.3 is 0 Å². The molecular weight excluding hydrogens is 359 g/mol. The highest BCUT2D eigenvalue weighted by Gasteiger charge is 2.46. The molecule has 5 nitrogen and oxygen atoms in total. The van der Waals surface area contributed by atoms with Gasteiger partial charge in [0.05, 0.1) is 17.2 Å². The van der Waals surface area contributed by atoms with Crippen molar-refractivity contribution >= 4 is 35.1 Å². The molecule has 3 heterocycles. The van der Waals surface area contributed by atoms with Crippen molar-refractivity contribution in [3.8, 4) is 0 Å². The Morgan fingerprint density at radius 3 is 1.85 bits per heavy atom. The molecule has 0 amide bonds. The van der Waals surface area contributed by atoms with E-state index in [1.165, 1.54) is 0 Å². The molecule has 0 spiro atoms. The molecule has 0 N–H and O–H groups in total. The van der Waals surface area contributed by atoms with Crippen molar-refractivity contribution in [1.29, 1.82) is 0 Å². The molecular formula is C21H23N2O3P. The number of anilines is 2. The minimum atomic E-state index is -3.34. The van der Waals surface area contributed by atoms with E-state index in [-0.39, 0.29) is 5.78 Å². The van der Waals surface area contributed by atoms with Crippen molar-refractivity contribution in [1.82, 2.24) is 0 Å². The minimum absolute atomic E-state index is 0.0270. The molecule has 140 valence electrons. The van der Waals surface area contributed by atoms with Gasteiger partial charge in [-0.15, -0.1) is 0 Å². The average molecular weight is 382 g/mol. The third-order valence-corrected chi connectivity index (χ3v) is 8.94. The van der Waals surface area contributed by atoms with Gasteiger partial charge in [-0.1, -0.05) is 0 Å². The van der Waals surface area contributed by atoms with Crippen LogP contribution >= 0.6 is 7.37 Å². The van der Waals surface area contributed by atoms with Crippen molar-refractivity contribution in [3.05, 3.63) is 46.5 Å². The van der Waals surface area contributed by atoms with Gasteiger partial charge in [-0.2, -0.15) is 0 Å². The van der Waals surface area contributed by atoms with Crippen molar-refractivity contribution in [2.24, 2.45) is 0 Å². The zero-order valence-corrected chi connectivity index (χ0v) is 16.8. The Bertz CT molecular complexity index is 971. The SMILES string of the molecule is CCOP1(=O)c2c(ccc3c2CCN3C)C(=O)c2ccc3c(c21)CCN3C. The molecule has 3 aliphatic rings. The number of likely N-dealkylation sites (N-methyl/N-ethyl adjacent to an activating group) is 2. The van der Waals surface area contributed by atoms with Crippen LogP contribution in [-0.4, -0.2) is 39.6 Å². The third-order valence-electron chi connectivity index (χ3n) is 6.12. The first-order valence-electron chi connectivity index (χ1n) is 9.51. The zero-order chi connectivity index (χ0) is 18.9. The van der Waals surface area contributed by atoms with Gasteiger partial charge in [0.15, 0.2) is 5.78 Å². The van der Waals surface area contributed by atoms with Gasteiger partial charge in [-0.05, 0) is 55.2 Å². The fraction of sp³-hybridized carbons (Fsp3) is 0.381. The molecule has 6 heteroatoms. The van der Waals surface area contributed by atoms with E-state index in [0.717, 1.165) is 48.4 Å². The molecule has 0 saturated heterocycles. The Hall–Kier alpha value is -2.10. The molecule has 0 bridgehead atoms. The van der Waals surface area contributed by atoms with Gasteiger partial charge in [0, 0.05) is 49.7 Å². The van der Waals surface area contributed by atoms with Crippen molar-refractivity contribution < 1.29 is 13.9 Å². The number of benzene rings is 2. The standard InChI is InChI=1S/C21H23N2O3P/c1-4-26-27(25)20-13-9-11-22(2)17(13)7-5-15(20)19(24)16-6-8-18-14(21(16)27)10-12-23(18)3/h5-8H,4,9-12H2,1-3H3. The molecule has 0 aromatic heterocycles. The fourth-order valence-corrected chi connectivity index (χ4v) is 7.86. The lowest BCUT2D eigenvalue weighted by atomic mass is 9.97. The molecule has 3 aliphatic heterocycles. The lowest BCUT2D eigenvalue weighted by Crippen LogP contribution is -2.37. The second kappa shape index (κ2) is 5.70. The first kappa shape index (κ1) is 17.0. The topological polar surface area (TPSA) is 49.9 Å². The summed E-state index contributed by atoms with van der Waals surface area (Å²) < 4.78 is 20.6. The maximum atomic E-state index is 14.5. The predicted molar refractivity (Wildman–Crippen MR) is 109 cm³/mol. The van der Waals surface area contributed by atoms with E-state index in [4.69, 9.17) is 4.52 Å². The van der Waals surface area contributed by atoms with E-state index in [0.29, 0.717) is 28.3 Å². The maximum absolute atomic E-state index is 14.5. The van der Waals surface area contributed by atoms with Crippen LogP contribution < -0.4 is 20.4 Å². The quantitative estimate of drug-likeness (QED) is 0.747. The number of ketones is 1. The fourth-order valence-electron chi connectivity index (χ4n) is 4.87. The van der Waals surface area contributed by atoms with Crippen LogP contribution in [0, 0.1) is 0 Å². The third kappa shape index (κ3) is 2.10. The molecule has 0 aliphatic carbocycles. The van der Waals surface area contributed by atoms with E-state index in [1.54, 1.807) is 0 Å². The largest absolute Gasteiger partial charge is 0.374 e. The lowest BCUT2D eigenvalue weighted by Gasteiger charge is -2.31. The predicted octanol–water partition coefficient (Wildman–Crippen LogP) is 2.48. The van der Waals surface area contributed by atoms with Crippen molar-refractivity contribution in [3.63, 3.8) is 0 Å². The van der Waals surface area contributed by atoms with Crippen LogP contribution in [0.15, 0.2) is 24.3 Å². The molecule has 0 unspecified atom stereocenters. The summed E-state index contributed by atoms with van der Waals surface area (Å²) in [7, 11) is 0.733. The molecule has 0 radical (unpaired) electrons. The average Bonchev–Trinajstić information content (AvgIpc) is 3.22. The second-order valence-electron chi connectivity index (χ2n) is 7.56. The molecule has 5 rings (SSSR count). The molecule has 2 aromatic carbocycles. The first-order valence-corrected chi connectivity index (χ1v) is 11.1. The van der Waals surface area contributed by atoms with E-state index in [9.17, 15) is 9.36 Å². The number of carbonyl (C=O) groups excluding carboxylic acids is 1. The Morgan fingerprint density at radius 2 is 1.41 bits per heavy atom. The molecule has 27 heavy (non-hydrogen) atoms. The van der Waals surface area contributed by atoms with Crippen molar-refractivity contribution in [2.75, 3.05) is 43.6 Å². The van der Waals surface area contributed by atoms with Crippen LogP contribution in [0.4, 0.5) is 11.4 Å². The summed E-state index contributed by atoms with van der Waals surface area (Å²) in [5, 5.41) is 1.32. The molecule has 2 aromatic rings. The number of hydrogen-bond acceptors (Lipinski definition) is 5. The lowest BCUT2D eigenvalue weighted by molar-refractivity contribution is 0.103. The first-order chi connectivity index (χ1) is 13.0.